The molecule has 7 nitrogen and oxygen atoms in total. The van der Waals surface area contributed by atoms with Crippen LogP contribution in [0.5, 0.6) is 0 Å². The van der Waals surface area contributed by atoms with Crippen molar-refractivity contribution in [1.82, 2.24) is 20.1 Å². The van der Waals surface area contributed by atoms with Crippen molar-refractivity contribution < 1.29 is 14.0 Å². The van der Waals surface area contributed by atoms with E-state index >= 15 is 0 Å². The number of carbonyl (C=O) groups excluding carboxylic acids is 2. The smallest absolute Gasteiger partial charge is 0.256 e. The minimum atomic E-state index is -0.311. The molecule has 0 saturated heterocycles. The van der Waals surface area contributed by atoms with E-state index in [1.165, 1.54) is 6.33 Å². The van der Waals surface area contributed by atoms with Gasteiger partial charge in [-0.05, 0) is 27.2 Å². The van der Waals surface area contributed by atoms with Gasteiger partial charge in [-0.2, -0.15) is 5.10 Å². The highest BCUT2D eigenvalue weighted by molar-refractivity contribution is 6.10. The van der Waals surface area contributed by atoms with E-state index in [2.05, 4.69) is 15.4 Å². The van der Waals surface area contributed by atoms with E-state index in [1.54, 1.807) is 11.6 Å². The first-order valence-corrected chi connectivity index (χ1v) is 7.87. The molecule has 0 unspecified atom stereocenters. The van der Waals surface area contributed by atoms with Gasteiger partial charge in [-0.15, -0.1) is 0 Å². The van der Waals surface area contributed by atoms with E-state index in [0.29, 0.717) is 47.9 Å². The molecule has 2 aromatic rings. The van der Waals surface area contributed by atoms with Crippen molar-refractivity contribution in [2.75, 3.05) is 0 Å². The van der Waals surface area contributed by atoms with Crippen molar-refractivity contribution in [3.8, 4) is 0 Å². The third kappa shape index (κ3) is 2.67. The van der Waals surface area contributed by atoms with Gasteiger partial charge in [-0.25, -0.2) is 9.67 Å². The Hall–Kier alpha value is -2.44. The maximum atomic E-state index is 12.7. The largest absolute Gasteiger partial charge is 0.465 e. The van der Waals surface area contributed by atoms with Crippen LogP contribution < -0.4 is 5.32 Å². The maximum absolute atomic E-state index is 12.7. The molecule has 122 valence electrons. The molecule has 0 aliphatic heterocycles. The molecule has 0 fully saturated rings. The van der Waals surface area contributed by atoms with Crippen LogP contribution in [0, 0.1) is 6.92 Å². The fraction of sp³-hybridized carbons (Fsp3) is 0.500. The molecule has 1 amide bonds. The summed E-state index contributed by atoms with van der Waals surface area (Å²) >= 11 is 0. The summed E-state index contributed by atoms with van der Waals surface area (Å²) in [6.45, 7) is 6.20. The Labute approximate surface area is 134 Å². The number of fused-ring (bicyclic) bond motifs is 1. The summed E-state index contributed by atoms with van der Waals surface area (Å²) in [5, 5.41) is 7.00. The van der Waals surface area contributed by atoms with E-state index < -0.39 is 0 Å². The van der Waals surface area contributed by atoms with Crippen LogP contribution in [0.1, 0.15) is 70.8 Å². The first-order valence-electron chi connectivity index (χ1n) is 7.87. The van der Waals surface area contributed by atoms with Gasteiger partial charge >= 0.3 is 0 Å². The van der Waals surface area contributed by atoms with Crippen LogP contribution in [0.4, 0.5) is 0 Å². The van der Waals surface area contributed by atoms with Gasteiger partial charge in [0.25, 0.3) is 5.91 Å². The molecule has 0 bridgehead atoms. The van der Waals surface area contributed by atoms with Gasteiger partial charge in [0.15, 0.2) is 5.78 Å². The molecule has 0 spiro atoms. The minimum Gasteiger partial charge on any atom is -0.465 e. The Bertz CT molecular complexity index is 759. The number of aromatic nitrogens is 3. The highest BCUT2D eigenvalue weighted by Crippen LogP contribution is 2.29. The molecule has 0 radical (unpaired) electrons. The van der Waals surface area contributed by atoms with Gasteiger partial charge in [-0.3, -0.25) is 9.59 Å². The van der Waals surface area contributed by atoms with Crippen LogP contribution in [0.15, 0.2) is 10.7 Å². The normalized spacial score (nSPS) is 15.3. The average Bonchev–Trinajstić information content (AvgIpc) is 3.11. The van der Waals surface area contributed by atoms with Crippen molar-refractivity contribution in [2.24, 2.45) is 0 Å². The fourth-order valence-corrected chi connectivity index (χ4v) is 3.07. The molecule has 23 heavy (non-hydrogen) atoms. The van der Waals surface area contributed by atoms with Crippen molar-refractivity contribution in [3.63, 3.8) is 0 Å². The second kappa shape index (κ2) is 5.98. The zero-order chi connectivity index (χ0) is 16.6. The van der Waals surface area contributed by atoms with E-state index in [-0.39, 0.29) is 17.7 Å². The molecule has 1 atom stereocenters. The summed E-state index contributed by atoms with van der Waals surface area (Å²) in [4.78, 5) is 29.0. The zero-order valence-corrected chi connectivity index (χ0v) is 13.5. The van der Waals surface area contributed by atoms with Crippen molar-refractivity contribution >= 4 is 11.7 Å². The summed E-state index contributed by atoms with van der Waals surface area (Å²) in [6, 6.07) is -0.311. The van der Waals surface area contributed by atoms with E-state index in [9.17, 15) is 9.59 Å². The zero-order valence-electron chi connectivity index (χ0n) is 13.5. The second-order valence-corrected chi connectivity index (χ2v) is 5.74. The highest BCUT2D eigenvalue weighted by Gasteiger charge is 2.31. The number of hydrogen-bond acceptors (Lipinski definition) is 5. The average molecular weight is 316 g/mol. The van der Waals surface area contributed by atoms with E-state index in [1.807, 2.05) is 13.8 Å². The number of carbonyl (C=O) groups is 2. The fourth-order valence-electron chi connectivity index (χ4n) is 3.07. The van der Waals surface area contributed by atoms with E-state index in [4.69, 9.17) is 4.42 Å². The Morgan fingerprint density at radius 1 is 1.48 bits per heavy atom. The summed E-state index contributed by atoms with van der Waals surface area (Å²) < 4.78 is 7.36. The number of ketones is 1. The van der Waals surface area contributed by atoms with Gasteiger partial charge < -0.3 is 9.73 Å². The maximum Gasteiger partial charge on any atom is 0.256 e. The van der Waals surface area contributed by atoms with Crippen molar-refractivity contribution in [2.45, 2.75) is 52.6 Å². The van der Waals surface area contributed by atoms with Crippen LogP contribution in [0.2, 0.25) is 0 Å². The SMILES string of the molecule is CCn1ncnc1[C@@H](C)NC(=O)c1c(C)oc2c1C(=O)CCC2. The number of aryl methyl sites for hydroxylation is 3. The Morgan fingerprint density at radius 2 is 2.26 bits per heavy atom. The van der Waals surface area contributed by atoms with Crippen LogP contribution in [-0.2, 0) is 13.0 Å². The number of Topliss-reactive ketones (excluding diaryl/α,β-unsaturated/α-hetero) is 1. The summed E-state index contributed by atoms with van der Waals surface area (Å²) in [6.07, 6.45) is 3.41. The lowest BCUT2D eigenvalue weighted by Gasteiger charge is -2.15. The van der Waals surface area contributed by atoms with Crippen LogP contribution in [0.3, 0.4) is 0 Å². The van der Waals surface area contributed by atoms with Crippen molar-refractivity contribution in [3.05, 3.63) is 34.8 Å². The lowest BCUT2D eigenvalue weighted by molar-refractivity contribution is 0.0916. The Balaban J connectivity index is 1.87. The number of nitrogens with zero attached hydrogens (tertiary/aromatic N) is 3. The molecule has 7 heteroatoms. The summed E-state index contributed by atoms with van der Waals surface area (Å²) in [7, 11) is 0. The predicted octanol–water partition coefficient (Wildman–Crippen LogP) is 2.21. The second-order valence-electron chi connectivity index (χ2n) is 5.74. The lowest BCUT2D eigenvalue weighted by Crippen LogP contribution is -2.30. The van der Waals surface area contributed by atoms with Gasteiger partial charge in [-0.1, -0.05) is 0 Å². The Kier molecular flexibility index (Phi) is 4.02. The third-order valence-electron chi connectivity index (χ3n) is 4.15. The Morgan fingerprint density at radius 3 is 3.00 bits per heavy atom. The van der Waals surface area contributed by atoms with Gasteiger partial charge in [0.05, 0.1) is 17.2 Å². The number of hydrogen-bond donors (Lipinski definition) is 1. The molecule has 1 aliphatic carbocycles. The molecule has 2 heterocycles. The quantitative estimate of drug-likeness (QED) is 0.934. The van der Waals surface area contributed by atoms with Crippen LogP contribution in [0.25, 0.3) is 0 Å². The summed E-state index contributed by atoms with van der Waals surface area (Å²) in [5.41, 5.74) is 0.814. The summed E-state index contributed by atoms with van der Waals surface area (Å²) in [5.74, 6) is 1.49. The van der Waals surface area contributed by atoms with Crippen molar-refractivity contribution in [1.29, 1.82) is 0 Å². The number of furan rings is 1. The molecule has 3 rings (SSSR count). The molecule has 0 aromatic carbocycles. The van der Waals surface area contributed by atoms with E-state index in [0.717, 1.165) is 6.42 Å². The van der Waals surface area contributed by atoms with Crippen LogP contribution >= 0.6 is 0 Å². The van der Waals surface area contributed by atoms with Gasteiger partial charge in [0.2, 0.25) is 0 Å². The predicted molar refractivity (Wildman–Crippen MR) is 82.3 cm³/mol. The molecule has 1 N–H and O–H groups in total. The van der Waals surface area contributed by atoms with Gasteiger partial charge in [0.1, 0.15) is 23.7 Å². The lowest BCUT2D eigenvalue weighted by atomic mass is 9.93. The highest BCUT2D eigenvalue weighted by atomic mass is 16.3. The molecular weight excluding hydrogens is 296 g/mol. The van der Waals surface area contributed by atoms with Crippen LogP contribution in [-0.4, -0.2) is 26.5 Å². The standard InChI is InChI=1S/C16H20N4O3/c1-4-20-15(17-8-18-20)9(2)19-16(22)13-10(3)23-12-7-5-6-11(21)14(12)13/h8-9H,4-7H2,1-3H3,(H,19,22)/t9-/m1/s1. The molecule has 1 aliphatic rings. The molecule has 2 aromatic heterocycles. The first-order chi connectivity index (χ1) is 11.0. The third-order valence-corrected chi connectivity index (χ3v) is 4.15. The number of nitrogens with one attached hydrogen (secondary N) is 1. The van der Waals surface area contributed by atoms with Gasteiger partial charge in [0, 0.05) is 19.4 Å². The number of amides is 1. The number of rotatable bonds is 4. The molecular formula is C16H20N4O3. The molecule has 0 saturated carbocycles. The first kappa shape index (κ1) is 15.5. The topological polar surface area (TPSA) is 90.0 Å². The monoisotopic (exact) mass is 316 g/mol. The minimum absolute atomic E-state index is 0.0161.